The number of carbonyl (C=O) groups is 1. The van der Waals surface area contributed by atoms with Crippen LogP contribution in [0.25, 0.3) is 0 Å². The van der Waals surface area contributed by atoms with Crippen LogP contribution in [-0.2, 0) is 17.6 Å². The van der Waals surface area contributed by atoms with Crippen LogP contribution in [0.2, 0.25) is 0 Å². The lowest BCUT2D eigenvalue weighted by Gasteiger charge is -2.14. The van der Waals surface area contributed by atoms with E-state index in [1.165, 1.54) is 12.1 Å². The minimum atomic E-state index is -0.855. The van der Waals surface area contributed by atoms with Crippen molar-refractivity contribution < 1.29 is 14.3 Å². The van der Waals surface area contributed by atoms with Gasteiger partial charge in [-0.3, -0.25) is 4.79 Å². The van der Waals surface area contributed by atoms with Crippen molar-refractivity contribution in [1.82, 2.24) is 0 Å². The van der Waals surface area contributed by atoms with Gasteiger partial charge in [0.1, 0.15) is 5.82 Å². The highest BCUT2D eigenvalue weighted by Gasteiger charge is 2.20. The summed E-state index contributed by atoms with van der Waals surface area (Å²) in [5, 5.41) is 9.41. The molecule has 0 spiro atoms. The van der Waals surface area contributed by atoms with Crippen LogP contribution in [0.4, 0.5) is 4.39 Å². The molecule has 0 saturated heterocycles. The molecule has 2 nitrogen and oxygen atoms in total. The molecule has 2 aromatic rings. The summed E-state index contributed by atoms with van der Waals surface area (Å²) in [4.78, 5) is 11.5. The van der Waals surface area contributed by atoms with E-state index in [-0.39, 0.29) is 5.82 Å². The monoisotopic (exact) mass is 414 g/mol. The van der Waals surface area contributed by atoms with Crippen molar-refractivity contribution in [3.63, 3.8) is 0 Å². The number of halogens is 3. The topological polar surface area (TPSA) is 37.3 Å². The van der Waals surface area contributed by atoms with E-state index in [4.69, 9.17) is 0 Å². The van der Waals surface area contributed by atoms with E-state index >= 15 is 0 Å². The van der Waals surface area contributed by atoms with Crippen LogP contribution in [0.3, 0.4) is 0 Å². The predicted molar refractivity (Wildman–Crippen MR) is 86.8 cm³/mol. The molecule has 2 rings (SSSR count). The Morgan fingerprint density at radius 1 is 1.14 bits per heavy atom. The van der Waals surface area contributed by atoms with Gasteiger partial charge in [-0.1, -0.05) is 50.1 Å². The van der Waals surface area contributed by atoms with Gasteiger partial charge in [-0.15, -0.1) is 0 Å². The Balaban J connectivity index is 2.18. The number of benzene rings is 2. The average molecular weight is 416 g/mol. The predicted octanol–water partition coefficient (Wildman–Crippen LogP) is 4.84. The van der Waals surface area contributed by atoms with Gasteiger partial charge in [0.2, 0.25) is 0 Å². The fraction of sp³-hybridized carbons (Fsp3) is 0.188. The highest BCUT2D eigenvalue weighted by molar-refractivity contribution is 9.10. The lowest BCUT2D eigenvalue weighted by molar-refractivity contribution is -0.141. The zero-order valence-corrected chi connectivity index (χ0v) is 14.2. The summed E-state index contributed by atoms with van der Waals surface area (Å²) in [7, 11) is 0. The van der Waals surface area contributed by atoms with Gasteiger partial charge in [-0.2, -0.15) is 0 Å². The molecule has 1 unspecified atom stereocenters. The van der Waals surface area contributed by atoms with Crippen molar-refractivity contribution in [3.05, 3.63) is 68.4 Å². The average Bonchev–Trinajstić information content (AvgIpc) is 2.40. The molecule has 110 valence electrons. The number of hydrogen-bond donors (Lipinski definition) is 1. The van der Waals surface area contributed by atoms with Crippen molar-refractivity contribution in [1.29, 1.82) is 0 Å². The van der Waals surface area contributed by atoms with Crippen LogP contribution in [0.15, 0.2) is 51.4 Å². The Morgan fingerprint density at radius 3 is 2.52 bits per heavy atom. The molecule has 0 fully saturated rings. The van der Waals surface area contributed by atoms with Gasteiger partial charge in [-0.25, -0.2) is 4.39 Å². The molecule has 0 aliphatic rings. The molecule has 21 heavy (non-hydrogen) atoms. The second-order valence-corrected chi connectivity index (χ2v) is 6.58. The smallest absolute Gasteiger partial charge is 0.307 e. The molecule has 0 heterocycles. The Hall–Kier alpha value is -1.20. The van der Waals surface area contributed by atoms with Crippen LogP contribution in [-0.4, -0.2) is 11.1 Å². The molecule has 0 aliphatic carbocycles. The highest BCUT2D eigenvalue weighted by Crippen LogP contribution is 2.24. The van der Waals surface area contributed by atoms with Crippen molar-refractivity contribution in [2.24, 2.45) is 5.92 Å². The van der Waals surface area contributed by atoms with E-state index in [2.05, 4.69) is 31.9 Å². The maximum atomic E-state index is 13.1. The molecule has 0 saturated carbocycles. The largest absolute Gasteiger partial charge is 0.481 e. The summed E-state index contributed by atoms with van der Waals surface area (Å²) in [6.45, 7) is 0. The lowest BCUT2D eigenvalue weighted by atomic mass is 9.92. The van der Waals surface area contributed by atoms with E-state index in [0.29, 0.717) is 17.3 Å². The molecular weight excluding hydrogens is 403 g/mol. The summed E-state index contributed by atoms with van der Waals surface area (Å²) in [5.74, 6) is -1.75. The number of carboxylic acids is 1. The summed E-state index contributed by atoms with van der Waals surface area (Å²) in [6.07, 6.45) is 0.779. The summed E-state index contributed by atoms with van der Waals surface area (Å²) >= 11 is 6.66. The van der Waals surface area contributed by atoms with Gasteiger partial charge in [-0.05, 0) is 48.2 Å². The van der Waals surface area contributed by atoms with Crippen LogP contribution in [0.1, 0.15) is 11.1 Å². The quantitative estimate of drug-likeness (QED) is 0.758. The maximum Gasteiger partial charge on any atom is 0.307 e. The Kier molecular flexibility index (Phi) is 5.53. The van der Waals surface area contributed by atoms with E-state index < -0.39 is 11.9 Å². The van der Waals surface area contributed by atoms with Crippen molar-refractivity contribution in [2.75, 3.05) is 0 Å². The van der Waals surface area contributed by atoms with Crippen LogP contribution < -0.4 is 0 Å². The van der Waals surface area contributed by atoms with E-state index in [1.807, 2.05) is 24.3 Å². The van der Waals surface area contributed by atoms with E-state index in [1.54, 1.807) is 6.07 Å². The molecule has 1 atom stereocenters. The second kappa shape index (κ2) is 7.18. The molecule has 0 bridgehead atoms. The third-order valence-electron chi connectivity index (χ3n) is 3.20. The van der Waals surface area contributed by atoms with Gasteiger partial charge in [0.15, 0.2) is 0 Å². The Labute approximate surface area is 139 Å². The molecule has 0 amide bonds. The fourth-order valence-corrected chi connectivity index (χ4v) is 3.11. The molecule has 5 heteroatoms. The van der Waals surface area contributed by atoms with Crippen LogP contribution in [0.5, 0.6) is 0 Å². The van der Waals surface area contributed by atoms with E-state index in [0.717, 1.165) is 15.6 Å². The third kappa shape index (κ3) is 4.64. The van der Waals surface area contributed by atoms with E-state index in [9.17, 15) is 14.3 Å². The molecular formula is C16H13Br2FO2. The minimum Gasteiger partial charge on any atom is -0.481 e. The van der Waals surface area contributed by atoms with Crippen molar-refractivity contribution in [2.45, 2.75) is 12.8 Å². The standard InChI is InChI=1S/C16H13Br2FO2/c17-13-3-1-2-10(7-13)6-12(16(20)21)8-11-4-5-14(19)9-15(11)18/h1-5,7,9,12H,6,8H2,(H,20,21). The van der Waals surface area contributed by atoms with Crippen molar-refractivity contribution in [3.8, 4) is 0 Å². The first-order valence-electron chi connectivity index (χ1n) is 6.37. The number of aliphatic carboxylic acids is 1. The molecule has 2 aromatic carbocycles. The van der Waals surface area contributed by atoms with Gasteiger partial charge >= 0.3 is 5.97 Å². The maximum absolute atomic E-state index is 13.1. The number of rotatable bonds is 5. The summed E-state index contributed by atoms with van der Waals surface area (Å²) in [5.41, 5.74) is 1.74. The first-order valence-corrected chi connectivity index (χ1v) is 7.95. The SMILES string of the molecule is O=C(O)C(Cc1cccc(Br)c1)Cc1ccc(F)cc1Br. The summed E-state index contributed by atoms with van der Waals surface area (Å²) in [6, 6.07) is 11.9. The summed E-state index contributed by atoms with van der Waals surface area (Å²) < 4.78 is 14.6. The van der Waals surface area contributed by atoms with Crippen LogP contribution in [0, 0.1) is 11.7 Å². The van der Waals surface area contributed by atoms with Gasteiger partial charge in [0.25, 0.3) is 0 Å². The molecule has 0 aliphatic heterocycles. The Bertz CT molecular complexity index is 658. The first-order chi connectivity index (χ1) is 9.95. The Morgan fingerprint density at radius 2 is 1.90 bits per heavy atom. The zero-order valence-electron chi connectivity index (χ0n) is 11.0. The number of hydrogen-bond acceptors (Lipinski definition) is 1. The molecule has 0 aromatic heterocycles. The fourth-order valence-electron chi connectivity index (χ4n) is 2.15. The normalized spacial score (nSPS) is 12.1. The third-order valence-corrected chi connectivity index (χ3v) is 4.43. The van der Waals surface area contributed by atoms with Gasteiger partial charge < -0.3 is 5.11 Å². The minimum absolute atomic E-state index is 0.343. The molecule has 1 N–H and O–H groups in total. The molecule has 0 radical (unpaired) electrons. The zero-order chi connectivity index (χ0) is 15.4. The first kappa shape index (κ1) is 16.2. The second-order valence-electron chi connectivity index (χ2n) is 4.81. The van der Waals surface area contributed by atoms with Gasteiger partial charge in [0, 0.05) is 8.95 Å². The van der Waals surface area contributed by atoms with Gasteiger partial charge in [0.05, 0.1) is 5.92 Å². The van der Waals surface area contributed by atoms with Crippen LogP contribution >= 0.6 is 31.9 Å². The van der Waals surface area contributed by atoms with Crippen molar-refractivity contribution >= 4 is 37.8 Å². The lowest BCUT2D eigenvalue weighted by Crippen LogP contribution is -2.19. The highest BCUT2D eigenvalue weighted by atomic mass is 79.9. The number of carboxylic acid groups (broad SMARTS) is 1.